The maximum absolute atomic E-state index is 6.61. The molecule has 0 saturated carbocycles. The quantitative estimate of drug-likeness (QED) is 0.218. The average molecular weight is 555 g/mol. The topological polar surface area (TPSA) is 48.8 Å². The van der Waals surface area contributed by atoms with E-state index in [4.69, 9.17) is 14.4 Å². The van der Waals surface area contributed by atoms with Crippen molar-refractivity contribution in [2.45, 2.75) is 12.8 Å². The van der Waals surface area contributed by atoms with Crippen molar-refractivity contribution < 1.29 is 4.42 Å². The van der Waals surface area contributed by atoms with Crippen LogP contribution in [0.5, 0.6) is 0 Å². The molecule has 5 nitrogen and oxygen atoms in total. The van der Waals surface area contributed by atoms with Gasteiger partial charge in [-0.25, -0.2) is 9.97 Å². The maximum Gasteiger partial charge on any atom is 0.145 e. The number of hydrogen-bond acceptors (Lipinski definition) is 3. The molecule has 43 heavy (non-hydrogen) atoms. The highest BCUT2D eigenvalue weighted by molar-refractivity contribution is 6.12. The van der Waals surface area contributed by atoms with Crippen LogP contribution in [0.4, 0.5) is 0 Å². The molecule has 1 aliphatic carbocycles. The zero-order valence-electron chi connectivity index (χ0n) is 23.3. The van der Waals surface area contributed by atoms with Crippen molar-refractivity contribution in [1.82, 2.24) is 19.1 Å². The number of nitrogens with zero attached hydrogens (tertiary/aromatic N) is 4. The number of imidazole rings is 2. The molecule has 9 rings (SSSR count). The second-order valence-electron chi connectivity index (χ2n) is 11.0. The van der Waals surface area contributed by atoms with Crippen LogP contribution in [0.1, 0.15) is 18.7 Å². The molecule has 8 aromatic rings. The van der Waals surface area contributed by atoms with Crippen molar-refractivity contribution in [3.8, 4) is 22.8 Å². The Morgan fingerprint density at radius 1 is 0.558 bits per heavy atom. The smallest absolute Gasteiger partial charge is 0.145 e. The molecule has 0 spiro atoms. The van der Waals surface area contributed by atoms with Gasteiger partial charge in [0.2, 0.25) is 0 Å². The summed E-state index contributed by atoms with van der Waals surface area (Å²) in [6, 6.07) is 39.8. The molecule has 5 aromatic carbocycles. The summed E-state index contributed by atoms with van der Waals surface area (Å²) in [5.41, 5.74) is 9.91. The predicted octanol–water partition coefficient (Wildman–Crippen LogP) is 9.66. The predicted molar refractivity (Wildman–Crippen MR) is 175 cm³/mol. The zero-order valence-corrected chi connectivity index (χ0v) is 23.3. The van der Waals surface area contributed by atoms with E-state index >= 15 is 0 Å². The lowest BCUT2D eigenvalue weighted by Crippen LogP contribution is -2.00. The zero-order chi connectivity index (χ0) is 28.3. The molecule has 3 aromatic heterocycles. The van der Waals surface area contributed by atoms with Gasteiger partial charge in [0.1, 0.15) is 22.8 Å². The number of rotatable bonds is 4. The fraction of sp³-hybridized carbons (Fsp3) is 0.0526. The van der Waals surface area contributed by atoms with E-state index in [0.29, 0.717) is 0 Å². The summed E-state index contributed by atoms with van der Waals surface area (Å²) >= 11 is 0. The Kier molecular flexibility index (Phi) is 5.26. The Morgan fingerprint density at radius 3 is 1.65 bits per heavy atom. The van der Waals surface area contributed by atoms with Gasteiger partial charge in [0.15, 0.2) is 0 Å². The summed E-state index contributed by atoms with van der Waals surface area (Å²) in [6.45, 7) is 0. The van der Waals surface area contributed by atoms with Crippen molar-refractivity contribution in [2.24, 2.45) is 0 Å². The highest BCUT2D eigenvalue weighted by Crippen LogP contribution is 2.38. The SMILES string of the molecule is C1=CC(c2nc3cc4c(cc3n2-c2ccccc2)oc2cc3c(cc24)nc(-c2ccccc2)n3-c2ccccc2)=CCC1. The molecular weight excluding hydrogens is 528 g/mol. The van der Waals surface area contributed by atoms with Crippen LogP contribution in [0.25, 0.3) is 72.3 Å². The summed E-state index contributed by atoms with van der Waals surface area (Å²) < 4.78 is 11.1. The fourth-order valence-corrected chi connectivity index (χ4v) is 6.35. The van der Waals surface area contributed by atoms with Crippen LogP contribution in [0.2, 0.25) is 0 Å². The van der Waals surface area contributed by atoms with E-state index < -0.39 is 0 Å². The minimum Gasteiger partial charge on any atom is -0.456 e. The van der Waals surface area contributed by atoms with Gasteiger partial charge in [0.05, 0.1) is 22.1 Å². The summed E-state index contributed by atoms with van der Waals surface area (Å²) in [5, 5.41) is 2.08. The van der Waals surface area contributed by atoms with E-state index in [2.05, 4.69) is 124 Å². The average Bonchev–Trinajstić information content (AvgIpc) is 3.74. The van der Waals surface area contributed by atoms with E-state index in [1.165, 1.54) is 0 Å². The molecule has 0 amide bonds. The molecule has 5 heteroatoms. The first-order valence-electron chi connectivity index (χ1n) is 14.7. The van der Waals surface area contributed by atoms with Crippen LogP contribution in [0, 0.1) is 0 Å². The number of para-hydroxylation sites is 2. The van der Waals surface area contributed by atoms with Gasteiger partial charge < -0.3 is 4.42 Å². The van der Waals surface area contributed by atoms with Crippen molar-refractivity contribution in [2.75, 3.05) is 0 Å². The molecule has 0 unspecified atom stereocenters. The Balaban J connectivity index is 1.31. The molecule has 0 radical (unpaired) electrons. The van der Waals surface area contributed by atoms with Crippen LogP contribution in [-0.2, 0) is 0 Å². The minimum atomic E-state index is 0.830. The lowest BCUT2D eigenvalue weighted by molar-refractivity contribution is 0.669. The third-order valence-corrected chi connectivity index (χ3v) is 8.34. The first kappa shape index (κ1) is 24.0. The minimum absolute atomic E-state index is 0.830. The van der Waals surface area contributed by atoms with Gasteiger partial charge in [0.25, 0.3) is 0 Å². The molecule has 204 valence electrons. The Labute approximate surface area is 247 Å². The van der Waals surface area contributed by atoms with Gasteiger partial charge >= 0.3 is 0 Å². The van der Waals surface area contributed by atoms with Crippen molar-refractivity contribution in [3.05, 3.63) is 139 Å². The highest BCUT2D eigenvalue weighted by atomic mass is 16.3. The van der Waals surface area contributed by atoms with Crippen LogP contribution in [0.3, 0.4) is 0 Å². The molecule has 0 fully saturated rings. The van der Waals surface area contributed by atoms with Gasteiger partial charge in [-0.05, 0) is 49.2 Å². The van der Waals surface area contributed by atoms with Gasteiger partial charge in [-0.1, -0.05) is 85.0 Å². The number of furan rings is 1. The molecule has 0 N–H and O–H groups in total. The van der Waals surface area contributed by atoms with E-state index in [0.717, 1.165) is 91.0 Å². The fourth-order valence-electron chi connectivity index (χ4n) is 6.35. The number of benzene rings is 5. The Hall–Kier alpha value is -5.68. The lowest BCUT2D eigenvalue weighted by atomic mass is 10.1. The van der Waals surface area contributed by atoms with Crippen molar-refractivity contribution in [1.29, 1.82) is 0 Å². The van der Waals surface area contributed by atoms with Crippen LogP contribution >= 0.6 is 0 Å². The molecule has 1 aliphatic rings. The third-order valence-electron chi connectivity index (χ3n) is 8.34. The molecule has 0 aliphatic heterocycles. The van der Waals surface area contributed by atoms with Gasteiger partial charge in [0, 0.05) is 45.4 Å². The van der Waals surface area contributed by atoms with E-state index in [1.54, 1.807) is 0 Å². The van der Waals surface area contributed by atoms with E-state index in [-0.39, 0.29) is 0 Å². The van der Waals surface area contributed by atoms with Crippen LogP contribution < -0.4 is 0 Å². The largest absolute Gasteiger partial charge is 0.456 e. The summed E-state index contributed by atoms with van der Waals surface area (Å²) in [6.07, 6.45) is 8.78. The third kappa shape index (κ3) is 3.78. The first-order valence-corrected chi connectivity index (χ1v) is 14.7. The summed E-state index contributed by atoms with van der Waals surface area (Å²) in [4.78, 5) is 10.4. The molecule has 0 saturated heterocycles. The molecule has 0 atom stereocenters. The van der Waals surface area contributed by atoms with Gasteiger partial charge in [-0.3, -0.25) is 9.13 Å². The number of fused-ring (bicyclic) bond motifs is 5. The van der Waals surface area contributed by atoms with E-state index in [9.17, 15) is 0 Å². The Bertz CT molecular complexity index is 2370. The molecule has 3 heterocycles. The van der Waals surface area contributed by atoms with Crippen molar-refractivity contribution in [3.63, 3.8) is 0 Å². The summed E-state index contributed by atoms with van der Waals surface area (Å²) in [5.74, 6) is 1.85. The Morgan fingerprint density at radius 2 is 1.09 bits per heavy atom. The van der Waals surface area contributed by atoms with Gasteiger partial charge in [-0.2, -0.15) is 0 Å². The van der Waals surface area contributed by atoms with Crippen LogP contribution in [0.15, 0.2) is 138 Å². The lowest BCUT2D eigenvalue weighted by Gasteiger charge is -2.11. The first-order chi connectivity index (χ1) is 21.3. The second kappa shape index (κ2) is 9.43. The van der Waals surface area contributed by atoms with Crippen molar-refractivity contribution >= 4 is 49.6 Å². The molecular formula is C38H26N4O. The number of aromatic nitrogens is 4. The monoisotopic (exact) mass is 554 g/mol. The van der Waals surface area contributed by atoms with Crippen LogP contribution in [-0.4, -0.2) is 19.1 Å². The highest BCUT2D eigenvalue weighted by Gasteiger charge is 2.21. The van der Waals surface area contributed by atoms with Gasteiger partial charge in [-0.15, -0.1) is 0 Å². The standard InChI is InChI=1S/C38H26N4O/c1-5-13-25(14-6-1)37-39-31-21-29-30-22-32-34(24-36(30)43-35(29)23-33(31)41(37)27-17-9-3-10-18-27)42(28-19-11-4-12-20-28)38(40-32)26-15-7-2-8-16-26/h1,3-7,9-24H,2,8H2. The maximum atomic E-state index is 6.61. The van der Waals surface area contributed by atoms with E-state index in [1.807, 2.05) is 18.2 Å². The number of hydrogen-bond donors (Lipinski definition) is 0. The normalized spacial score (nSPS) is 13.4. The molecule has 0 bridgehead atoms. The summed E-state index contributed by atoms with van der Waals surface area (Å²) in [7, 11) is 0. The second-order valence-corrected chi connectivity index (χ2v) is 11.0. The number of allylic oxidation sites excluding steroid dienone is 4.